The van der Waals surface area contributed by atoms with Crippen LogP contribution in [0.4, 0.5) is 0 Å². The van der Waals surface area contributed by atoms with Crippen LogP contribution in [0.15, 0.2) is 5.03 Å². The van der Waals surface area contributed by atoms with Crippen molar-refractivity contribution in [1.82, 2.24) is 14.9 Å². The molecular weight excluding hydrogens is 266 g/mol. The fraction of sp³-hybridized carbons (Fsp3) is 0.500. The van der Waals surface area contributed by atoms with Crippen molar-refractivity contribution >= 4 is 23.6 Å². The van der Waals surface area contributed by atoms with Crippen LogP contribution in [0.5, 0.6) is 0 Å². The molecule has 0 atom stereocenters. The number of carboxylic acid groups (broad SMARTS) is 1. The number of carbonyl (C=O) groups is 2. The predicted octanol–water partition coefficient (Wildman–Crippen LogP) is 0.972. The summed E-state index contributed by atoms with van der Waals surface area (Å²) >= 11 is 1.40. The normalized spacial score (nSPS) is 15.2. The van der Waals surface area contributed by atoms with Crippen LogP contribution in [0.25, 0.3) is 0 Å². The average Bonchev–Trinajstić information content (AvgIpc) is 2.24. The van der Waals surface area contributed by atoms with Gasteiger partial charge in [-0.3, -0.25) is 9.59 Å². The highest BCUT2D eigenvalue weighted by Crippen LogP contribution is 2.25. The van der Waals surface area contributed by atoms with E-state index in [-0.39, 0.29) is 19.0 Å². The molecule has 0 aliphatic carbocycles. The molecule has 0 bridgehead atoms. The zero-order chi connectivity index (χ0) is 14.2. The number of aryl methyl sites for hydroxylation is 2. The first-order valence-electron chi connectivity index (χ1n) is 5.85. The summed E-state index contributed by atoms with van der Waals surface area (Å²) < 4.78 is 0. The molecule has 1 aromatic rings. The molecule has 0 aromatic carbocycles. The van der Waals surface area contributed by atoms with Gasteiger partial charge < -0.3 is 10.0 Å². The number of amides is 1. The van der Waals surface area contributed by atoms with Crippen molar-refractivity contribution in [3.8, 4) is 0 Å². The number of thioether (sulfide) groups is 1. The van der Waals surface area contributed by atoms with E-state index in [9.17, 15) is 9.59 Å². The maximum absolute atomic E-state index is 12.3. The Balaban J connectivity index is 2.23. The van der Waals surface area contributed by atoms with E-state index in [1.54, 1.807) is 13.8 Å². The summed E-state index contributed by atoms with van der Waals surface area (Å²) in [5.41, 5.74) is 1.13. The SMILES string of the molecule is CSc1nc(C)nc(C)c1C(=O)N1CC(C(=O)O)C1. The quantitative estimate of drug-likeness (QED) is 0.656. The van der Waals surface area contributed by atoms with Gasteiger partial charge in [0.05, 0.1) is 17.2 Å². The molecule has 0 saturated carbocycles. The van der Waals surface area contributed by atoms with Crippen molar-refractivity contribution in [3.63, 3.8) is 0 Å². The maximum Gasteiger partial charge on any atom is 0.310 e. The lowest BCUT2D eigenvalue weighted by molar-refractivity contribution is -0.146. The third-order valence-corrected chi connectivity index (χ3v) is 3.78. The molecule has 1 amide bonds. The second kappa shape index (κ2) is 5.16. The number of rotatable bonds is 3. The smallest absolute Gasteiger partial charge is 0.310 e. The van der Waals surface area contributed by atoms with Crippen LogP contribution in [-0.4, -0.2) is 51.2 Å². The van der Waals surface area contributed by atoms with E-state index in [0.717, 1.165) is 0 Å². The summed E-state index contributed by atoms with van der Waals surface area (Å²) in [5, 5.41) is 9.48. The van der Waals surface area contributed by atoms with Crippen LogP contribution >= 0.6 is 11.8 Å². The molecule has 2 heterocycles. The van der Waals surface area contributed by atoms with Gasteiger partial charge in [0.15, 0.2) is 0 Å². The second-order valence-electron chi connectivity index (χ2n) is 4.49. The Morgan fingerprint density at radius 2 is 1.95 bits per heavy atom. The lowest BCUT2D eigenvalue weighted by Gasteiger charge is -2.37. The van der Waals surface area contributed by atoms with Gasteiger partial charge in [0.2, 0.25) is 0 Å². The number of carbonyl (C=O) groups excluding carboxylic acids is 1. The molecule has 0 radical (unpaired) electrons. The summed E-state index contributed by atoms with van der Waals surface area (Å²) in [5.74, 6) is -0.857. The lowest BCUT2D eigenvalue weighted by atomic mass is 9.99. The van der Waals surface area contributed by atoms with Crippen molar-refractivity contribution in [3.05, 3.63) is 17.1 Å². The zero-order valence-corrected chi connectivity index (χ0v) is 11.8. The monoisotopic (exact) mass is 281 g/mol. The van der Waals surface area contributed by atoms with Gasteiger partial charge in [-0.1, -0.05) is 0 Å². The van der Waals surface area contributed by atoms with Crippen LogP contribution < -0.4 is 0 Å². The van der Waals surface area contributed by atoms with Crippen molar-refractivity contribution in [1.29, 1.82) is 0 Å². The summed E-state index contributed by atoms with van der Waals surface area (Å²) in [6, 6.07) is 0. The number of nitrogens with zero attached hydrogens (tertiary/aromatic N) is 3. The fourth-order valence-electron chi connectivity index (χ4n) is 2.03. The minimum Gasteiger partial charge on any atom is -0.481 e. The van der Waals surface area contributed by atoms with Crippen molar-refractivity contribution in [2.45, 2.75) is 18.9 Å². The molecule has 0 unspecified atom stereocenters. The third kappa shape index (κ3) is 2.56. The molecule has 1 fully saturated rings. The minimum atomic E-state index is -0.856. The standard InChI is InChI=1S/C12H15N3O3S/c1-6-9(10(19-3)14-7(2)13-6)11(16)15-4-8(5-15)12(17)18/h8H,4-5H2,1-3H3,(H,17,18). The van der Waals surface area contributed by atoms with Gasteiger partial charge >= 0.3 is 5.97 Å². The Morgan fingerprint density at radius 3 is 2.47 bits per heavy atom. The highest BCUT2D eigenvalue weighted by atomic mass is 32.2. The number of aliphatic carboxylic acids is 1. The van der Waals surface area contributed by atoms with Gasteiger partial charge in [0.25, 0.3) is 5.91 Å². The molecule has 0 spiro atoms. The Morgan fingerprint density at radius 1 is 1.32 bits per heavy atom. The summed E-state index contributed by atoms with van der Waals surface area (Å²) in [7, 11) is 0. The fourth-order valence-corrected chi connectivity index (χ4v) is 2.70. The first-order chi connectivity index (χ1) is 8.93. The second-order valence-corrected chi connectivity index (χ2v) is 5.28. The first-order valence-corrected chi connectivity index (χ1v) is 7.07. The first kappa shape index (κ1) is 13.8. The molecule has 1 N–H and O–H groups in total. The Hall–Kier alpha value is -1.63. The van der Waals surface area contributed by atoms with Gasteiger partial charge in [0, 0.05) is 13.1 Å². The number of hydrogen-bond donors (Lipinski definition) is 1. The Labute approximate surface area is 115 Å². The van der Waals surface area contributed by atoms with Gasteiger partial charge in [-0.05, 0) is 20.1 Å². The van der Waals surface area contributed by atoms with Gasteiger partial charge in [-0.2, -0.15) is 0 Å². The topological polar surface area (TPSA) is 83.4 Å². The van der Waals surface area contributed by atoms with Gasteiger partial charge in [-0.15, -0.1) is 11.8 Å². The summed E-state index contributed by atoms with van der Waals surface area (Å²) in [6.45, 7) is 4.08. The average molecular weight is 281 g/mol. The van der Waals surface area contributed by atoms with Crippen LogP contribution in [0, 0.1) is 19.8 Å². The van der Waals surface area contributed by atoms with E-state index in [2.05, 4.69) is 9.97 Å². The molecule has 19 heavy (non-hydrogen) atoms. The molecule has 1 aromatic heterocycles. The minimum absolute atomic E-state index is 0.181. The predicted molar refractivity (Wildman–Crippen MR) is 70.3 cm³/mol. The Kier molecular flexibility index (Phi) is 3.75. The number of hydrogen-bond acceptors (Lipinski definition) is 5. The van der Waals surface area contributed by atoms with Crippen molar-refractivity contribution < 1.29 is 14.7 Å². The van der Waals surface area contributed by atoms with Crippen LogP contribution in [0.3, 0.4) is 0 Å². The maximum atomic E-state index is 12.3. The zero-order valence-electron chi connectivity index (χ0n) is 11.0. The van der Waals surface area contributed by atoms with Crippen molar-refractivity contribution in [2.75, 3.05) is 19.3 Å². The van der Waals surface area contributed by atoms with E-state index in [1.165, 1.54) is 16.7 Å². The molecule has 1 saturated heterocycles. The van der Waals surface area contributed by atoms with Crippen LogP contribution in [0.1, 0.15) is 21.9 Å². The van der Waals surface area contributed by atoms with E-state index < -0.39 is 11.9 Å². The van der Waals surface area contributed by atoms with Crippen LogP contribution in [-0.2, 0) is 4.79 Å². The molecule has 6 nitrogen and oxygen atoms in total. The highest BCUT2D eigenvalue weighted by Gasteiger charge is 2.37. The lowest BCUT2D eigenvalue weighted by Crippen LogP contribution is -2.53. The number of carboxylic acids is 1. The molecule has 2 rings (SSSR count). The third-order valence-electron chi connectivity index (χ3n) is 3.09. The molecule has 7 heteroatoms. The van der Waals surface area contributed by atoms with E-state index >= 15 is 0 Å². The molecule has 1 aliphatic rings. The number of aromatic nitrogens is 2. The summed E-state index contributed by atoms with van der Waals surface area (Å²) in [4.78, 5) is 33.1. The van der Waals surface area contributed by atoms with Crippen molar-refractivity contribution in [2.24, 2.45) is 5.92 Å². The largest absolute Gasteiger partial charge is 0.481 e. The molecule has 102 valence electrons. The Bertz CT molecular complexity index is 541. The number of likely N-dealkylation sites (tertiary alicyclic amines) is 1. The summed E-state index contributed by atoms with van der Waals surface area (Å²) in [6.07, 6.45) is 1.86. The van der Waals surface area contributed by atoms with Crippen LogP contribution in [0.2, 0.25) is 0 Å². The van der Waals surface area contributed by atoms with Gasteiger partial charge in [0.1, 0.15) is 10.9 Å². The molecular formula is C12H15N3O3S. The van der Waals surface area contributed by atoms with E-state index in [1.807, 2.05) is 6.26 Å². The van der Waals surface area contributed by atoms with E-state index in [4.69, 9.17) is 5.11 Å². The van der Waals surface area contributed by atoms with E-state index in [0.29, 0.717) is 22.1 Å². The highest BCUT2D eigenvalue weighted by molar-refractivity contribution is 7.98. The molecule has 1 aliphatic heterocycles. The van der Waals surface area contributed by atoms with Gasteiger partial charge in [-0.25, -0.2) is 9.97 Å².